The molecule has 1 heteroatoms. The maximum atomic E-state index is 12.1. The molecule has 0 bridgehead atoms. The summed E-state index contributed by atoms with van der Waals surface area (Å²) in [4.78, 5) is 12.1. The highest BCUT2D eigenvalue weighted by Crippen LogP contribution is 2.50. The van der Waals surface area contributed by atoms with Gasteiger partial charge in [-0.3, -0.25) is 4.79 Å². The zero-order valence-electron chi connectivity index (χ0n) is 9.69. The van der Waals surface area contributed by atoms with Gasteiger partial charge in [-0.25, -0.2) is 0 Å². The fraction of sp³-hybridized carbons (Fsp3) is 0.615. The van der Waals surface area contributed by atoms with Gasteiger partial charge < -0.3 is 0 Å². The highest BCUT2D eigenvalue weighted by molar-refractivity contribution is 6.05. The van der Waals surface area contributed by atoms with Gasteiger partial charge in [0.25, 0.3) is 0 Å². The fourth-order valence-corrected chi connectivity index (χ4v) is 2.69. The highest BCUT2D eigenvalue weighted by Gasteiger charge is 2.44. The van der Waals surface area contributed by atoms with Gasteiger partial charge in [0.2, 0.25) is 0 Å². The molecule has 0 radical (unpaired) electrons. The van der Waals surface area contributed by atoms with Gasteiger partial charge in [0.1, 0.15) is 0 Å². The van der Waals surface area contributed by atoms with Crippen molar-refractivity contribution in [3.05, 3.63) is 22.3 Å². The van der Waals surface area contributed by atoms with Gasteiger partial charge in [-0.05, 0) is 31.4 Å². The van der Waals surface area contributed by atoms with Crippen molar-refractivity contribution in [2.45, 2.75) is 41.0 Å². The summed E-state index contributed by atoms with van der Waals surface area (Å²) in [5.41, 5.74) is 5.04. The molecule has 2 rings (SSSR count). The lowest BCUT2D eigenvalue weighted by atomic mass is 9.82. The van der Waals surface area contributed by atoms with Crippen LogP contribution in [0.4, 0.5) is 0 Å². The molecule has 0 fully saturated rings. The number of ketones is 1. The predicted octanol–water partition coefficient (Wildman–Crippen LogP) is 3.27. The fourth-order valence-electron chi connectivity index (χ4n) is 2.69. The van der Waals surface area contributed by atoms with Gasteiger partial charge in [-0.1, -0.05) is 26.3 Å². The van der Waals surface area contributed by atoms with Crippen LogP contribution in [-0.4, -0.2) is 5.78 Å². The first kappa shape index (κ1) is 9.70. The lowest BCUT2D eigenvalue weighted by Gasteiger charge is -2.20. The normalized spacial score (nSPS) is 30.4. The molecule has 2 aliphatic carbocycles. The summed E-state index contributed by atoms with van der Waals surface area (Å²) >= 11 is 0. The molecule has 0 spiro atoms. The first-order chi connectivity index (χ1) is 6.36. The zero-order chi connectivity index (χ0) is 10.7. The number of hydrogen-bond donors (Lipinski definition) is 0. The van der Waals surface area contributed by atoms with Crippen molar-refractivity contribution < 1.29 is 4.79 Å². The predicted molar refractivity (Wildman–Crippen MR) is 58.0 cm³/mol. The molecular formula is C13H18O. The van der Waals surface area contributed by atoms with Gasteiger partial charge >= 0.3 is 0 Å². The second kappa shape index (κ2) is 2.59. The Kier molecular flexibility index (Phi) is 1.79. The van der Waals surface area contributed by atoms with E-state index in [9.17, 15) is 4.79 Å². The van der Waals surface area contributed by atoms with E-state index in [1.807, 2.05) is 0 Å². The third kappa shape index (κ3) is 0.985. The second-order valence-electron chi connectivity index (χ2n) is 5.31. The van der Waals surface area contributed by atoms with Crippen LogP contribution in [0.25, 0.3) is 0 Å². The van der Waals surface area contributed by atoms with Gasteiger partial charge in [0.15, 0.2) is 5.78 Å². The van der Waals surface area contributed by atoms with E-state index in [2.05, 4.69) is 34.6 Å². The SMILES string of the molecule is CC1=C(C)C(C)C2=C1CC(C)(C)C2=O. The molecule has 1 nitrogen and oxygen atoms in total. The molecular weight excluding hydrogens is 172 g/mol. The largest absolute Gasteiger partial charge is 0.294 e. The van der Waals surface area contributed by atoms with Gasteiger partial charge in [0, 0.05) is 16.9 Å². The molecule has 0 aromatic carbocycles. The van der Waals surface area contributed by atoms with Crippen molar-refractivity contribution in [1.29, 1.82) is 0 Å². The standard InChI is InChI=1S/C13H18O/c1-7-8(2)10-6-13(4,5)12(14)11(10)9(7)3/h9H,6H2,1-5H3. The van der Waals surface area contributed by atoms with E-state index < -0.39 is 0 Å². The number of allylic oxidation sites excluding steroid dienone is 4. The monoisotopic (exact) mass is 190 g/mol. The Labute approximate surface area is 85.9 Å². The van der Waals surface area contributed by atoms with Crippen LogP contribution in [0.1, 0.15) is 41.0 Å². The second-order valence-corrected chi connectivity index (χ2v) is 5.31. The lowest BCUT2D eigenvalue weighted by Crippen LogP contribution is -2.22. The van der Waals surface area contributed by atoms with E-state index >= 15 is 0 Å². The highest BCUT2D eigenvalue weighted by atomic mass is 16.1. The Morgan fingerprint density at radius 2 is 1.86 bits per heavy atom. The topological polar surface area (TPSA) is 17.1 Å². The lowest BCUT2D eigenvalue weighted by molar-refractivity contribution is -0.122. The van der Waals surface area contributed by atoms with Crippen molar-refractivity contribution >= 4 is 5.78 Å². The summed E-state index contributed by atoms with van der Waals surface area (Å²) in [6.07, 6.45) is 0.939. The molecule has 1 atom stereocenters. The Bertz CT molecular complexity index is 380. The van der Waals surface area contributed by atoms with Crippen LogP contribution in [-0.2, 0) is 4.79 Å². The van der Waals surface area contributed by atoms with Gasteiger partial charge in [-0.2, -0.15) is 0 Å². The quantitative estimate of drug-likeness (QED) is 0.573. The molecule has 0 aliphatic heterocycles. The minimum absolute atomic E-state index is 0.152. The van der Waals surface area contributed by atoms with Gasteiger partial charge in [-0.15, -0.1) is 0 Å². The molecule has 0 aromatic heterocycles. The Morgan fingerprint density at radius 3 is 2.36 bits per heavy atom. The average molecular weight is 190 g/mol. The summed E-state index contributed by atoms with van der Waals surface area (Å²) in [5, 5.41) is 0. The van der Waals surface area contributed by atoms with Crippen LogP contribution >= 0.6 is 0 Å². The minimum Gasteiger partial charge on any atom is -0.294 e. The molecule has 0 amide bonds. The summed E-state index contributed by atoms with van der Waals surface area (Å²) < 4.78 is 0. The summed E-state index contributed by atoms with van der Waals surface area (Å²) in [7, 11) is 0. The number of hydrogen-bond acceptors (Lipinski definition) is 1. The van der Waals surface area contributed by atoms with E-state index in [4.69, 9.17) is 0 Å². The molecule has 0 heterocycles. The smallest absolute Gasteiger partial charge is 0.165 e. The Morgan fingerprint density at radius 1 is 1.29 bits per heavy atom. The van der Waals surface area contributed by atoms with Gasteiger partial charge in [0.05, 0.1) is 0 Å². The molecule has 1 unspecified atom stereocenters. The maximum Gasteiger partial charge on any atom is 0.165 e. The van der Waals surface area contributed by atoms with Crippen LogP contribution in [0.2, 0.25) is 0 Å². The molecule has 76 valence electrons. The van der Waals surface area contributed by atoms with E-state index in [1.54, 1.807) is 0 Å². The third-order valence-electron chi connectivity index (χ3n) is 3.93. The van der Waals surface area contributed by atoms with E-state index in [-0.39, 0.29) is 5.41 Å². The Hall–Kier alpha value is -0.850. The van der Waals surface area contributed by atoms with E-state index in [0.29, 0.717) is 11.7 Å². The van der Waals surface area contributed by atoms with Crippen molar-refractivity contribution in [2.24, 2.45) is 11.3 Å². The van der Waals surface area contributed by atoms with Crippen LogP contribution < -0.4 is 0 Å². The van der Waals surface area contributed by atoms with Crippen molar-refractivity contribution in [1.82, 2.24) is 0 Å². The molecule has 0 N–H and O–H groups in total. The summed E-state index contributed by atoms with van der Waals surface area (Å²) in [6, 6.07) is 0. The summed E-state index contributed by atoms with van der Waals surface area (Å²) in [5.74, 6) is 0.732. The number of carbonyl (C=O) groups excluding carboxylic acids is 1. The first-order valence-corrected chi connectivity index (χ1v) is 5.32. The molecule has 0 saturated heterocycles. The van der Waals surface area contributed by atoms with Crippen LogP contribution in [0.3, 0.4) is 0 Å². The van der Waals surface area contributed by atoms with Crippen molar-refractivity contribution in [3.8, 4) is 0 Å². The van der Waals surface area contributed by atoms with Crippen molar-refractivity contribution in [2.75, 3.05) is 0 Å². The van der Waals surface area contributed by atoms with Crippen LogP contribution in [0, 0.1) is 11.3 Å². The first-order valence-electron chi connectivity index (χ1n) is 5.32. The molecule has 0 aromatic rings. The zero-order valence-corrected chi connectivity index (χ0v) is 9.69. The van der Waals surface area contributed by atoms with Crippen molar-refractivity contribution in [3.63, 3.8) is 0 Å². The van der Waals surface area contributed by atoms with Crippen LogP contribution in [0.15, 0.2) is 22.3 Å². The molecule has 14 heavy (non-hydrogen) atoms. The Balaban J connectivity index is 2.51. The third-order valence-corrected chi connectivity index (χ3v) is 3.93. The average Bonchev–Trinajstić information content (AvgIpc) is 2.44. The molecule has 2 aliphatic rings. The number of Topliss-reactive ketones (excluding diaryl/α,β-unsaturated/α-hetero) is 1. The molecule has 0 saturated carbocycles. The van der Waals surface area contributed by atoms with E-state index in [0.717, 1.165) is 12.0 Å². The summed E-state index contributed by atoms with van der Waals surface area (Å²) in [6.45, 7) is 10.6. The number of rotatable bonds is 0. The van der Waals surface area contributed by atoms with Crippen LogP contribution in [0.5, 0.6) is 0 Å². The number of carbonyl (C=O) groups is 1. The maximum absolute atomic E-state index is 12.1. The van der Waals surface area contributed by atoms with E-state index in [1.165, 1.54) is 16.7 Å². The minimum atomic E-state index is -0.152.